The first-order chi connectivity index (χ1) is 13.2. The molecule has 1 aromatic rings. The molecule has 156 valence electrons. The van der Waals surface area contributed by atoms with E-state index in [4.69, 9.17) is 14.2 Å². The van der Waals surface area contributed by atoms with Gasteiger partial charge in [-0.25, -0.2) is 0 Å². The van der Waals surface area contributed by atoms with Gasteiger partial charge in [0.2, 0.25) is 0 Å². The Kier molecular flexibility index (Phi) is 13.4. The maximum absolute atomic E-state index is 6.10. The lowest BCUT2D eigenvalue weighted by atomic mass is 9.91. The van der Waals surface area contributed by atoms with Crippen LogP contribution in [0.3, 0.4) is 0 Å². The van der Waals surface area contributed by atoms with E-state index in [1.165, 1.54) is 44.1 Å². The summed E-state index contributed by atoms with van der Waals surface area (Å²) in [5.41, 5.74) is 1.30. The standard InChI is InChI=1S/C23H41NO3/c1-5-9-10-11-12-13-14-22(16-15-21-17-19-24-20-18-21)23(25-6-2,26-7-3)27-8-4/h17-20,22H,5-16H2,1-4H3. The molecule has 0 aromatic carbocycles. The number of pyridine rings is 1. The molecule has 0 saturated carbocycles. The average molecular weight is 380 g/mol. The summed E-state index contributed by atoms with van der Waals surface area (Å²) in [7, 11) is 0. The van der Waals surface area contributed by atoms with Crippen LogP contribution in [0.15, 0.2) is 24.5 Å². The van der Waals surface area contributed by atoms with E-state index in [2.05, 4.69) is 24.0 Å². The molecule has 1 atom stereocenters. The summed E-state index contributed by atoms with van der Waals surface area (Å²) in [5.74, 6) is -0.703. The predicted octanol–water partition coefficient (Wildman–Crippen LogP) is 6.14. The normalized spacial score (nSPS) is 13.0. The van der Waals surface area contributed by atoms with Crippen molar-refractivity contribution in [1.29, 1.82) is 0 Å². The monoisotopic (exact) mass is 379 g/mol. The summed E-state index contributed by atoms with van der Waals surface area (Å²) in [4.78, 5) is 4.12. The zero-order chi connectivity index (χ0) is 19.8. The minimum atomic E-state index is -0.922. The van der Waals surface area contributed by atoms with E-state index in [9.17, 15) is 0 Å². The van der Waals surface area contributed by atoms with E-state index in [-0.39, 0.29) is 5.92 Å². The number of hydrogen-bond acceptors (Lipinski definition) is 4. The summed E-state index contributed by atoms with van der Waals surface area (Å²) in [6.07, 6.45) is 14.5. The topological polar surface area (TPSA) is 40.6 Å². The third-order valence-electron chi connectivity index (χ3n) is 4.97. The fourth-order valence-corrected chi connectivity index (χ4v) is 3.64. The highest BCUT2D eigenvalue weighted by molar-refractivity contribution is 5.09. The number of rotatable bonds is 17. The highest BCUT2D eigenvalue weighted by Crippen LogP contribution is 2.34. The number of ether oxygens (including phenoxy) is 3. The molecule has 1 heterocycles. The van der Waals surface area contributed by atoms with Gasteiger partial charge in [-0.15, -0.1) is 0 Å². The average Bonchev–Trinajstić information content (AvgIpc) is 2.68. The minimum Gasteiger partial charge on any atom is -0.328 e. The third kappa shape index (κ3) is 9.18. The van der Waals surface area contributed by atoms with Crippen LogP contribution in [0.5, 0.6) is 0 Å². The number of aryl methyl sites for hydroxylation is 1. The van der Waals surface area contributed by atoms with Crippen molar-refractivity contribution in [3.63, 3.8) is 0 Å². The second-order valence-electron chi connectivity index (χ2n) is 7.05. The zero-order valence-corrected chi connectivity index (χ0v) is 18.0. The Balaban J connectivity index is 2.77. The van der Waals surface area contributed by atoms with Crippen LogP contribution >= 0.6 is 0 Å². The van der Waals surface area contributed by atoms with E-state index in [0.29, 0.717) is 19.8 Å². The van der Waals surface area contributed by atoms with E-state index < -0.39 is 5.97 Å². The Morgan fingerprint density at radius 3 is 1.89 bits per heavy atom. The summed E-state index contributed by atoms with van der Waals surface area (Å²) < 4.78 is 18.3. The SMILES string of the molecule is CCCCCCCCC(CCc1ccncc1)C(OCC)(OCC)OCC. The van der Waals surface area contributed by atoms with Gasteiger partial charge in [0.1, 0.15) is 0 Å². The van der Waals surface area contributed by atoms with Crippen LogP contribution in [0.25, 0.3) is 0 Å². The molecule has 0 amide bonds. The molecule has 0 aliphatic heterocycles. The maximum atomic E-state index is 6.10. The van der Waals surface area contributed by atoms with Gasteiger partial charge in [0.05, 0.1) is 0 Å². The van der Waals surface area contributed by atoms with Gasteiger partial charge in [-0.05, 0) is 57.7 Å². The van der Waals surface area contributed by atoms with Gasteiger partial charge in [0.25, 0.3) is 5.97 Å². The fourth-order valence-electron chi connectivity index (χ4n) is 3.64. The number of hydrogen-bond donors (Lipinski definition) is 0. The van der Waals surface area contributed by atoms with Crippen molar-refractivity contribution in [2.45, 2.75) is 91.5 Å². The lowest BCUT2D eigenvalue weighted by Crippen LogP contribution is -2.47. The molecule has 0 aliphatic carbocycles. The molecule has 0 bridgehead atoms. The van der Waals surface area contributed by atoms with E-state index in [1.807, 2.05) is 33.2 Å². The van der Waals surface area contributed by atoms with Crippen molar-refractivity contribution in [3.05, 3.63) is 30.1 Å². The van der Waals surface area contributed by atoms with Crippen molar-refractivity contribution in [2.75, 3.05) is 19.8 Å². The van der Waals surface area contributed by atoms with Crippen LogP contribution in [0.1, 0.15) is 84.6 Å². The van der Waals surface area contributed by atoms with Crippen LogP contribution < -0.4 is 0 Å². The van der Waals surface area contributed by atoms with Crippen molar-refractivity contribution in [3.8, 4) is 0 Å². The van der Waals surface area contributed by atoms with Gasteiger partial charge in [-0.3, -0.25) is 4.98 Å². The highest BCUT2D eigenvalue weighted by atomic mass is 16.9. The van der Waals surface area contributed by atoms with Crippen molar-refractivity contribution >= 4 is 0 Å². The van der Waals surface area contributed by atoms with Crippen molar-refractivity contribution in [2.24, 2.45) is 5.92 Å². The summed E-state index contributed by atoms with van der Waals surface area (Å²) >= 11 is 0. The Labute approximate surface area is 167 Å². The maximum Gasteiger partial charge on any atom is 0.285 e. The molecule has 1 aromatic heterocycles. The Morgan fingerprint density at radius 2 is 1.33 bits per heavy atom. The first kappa shape index (κ1) is 24.1. The molecule has 0 N–H and O–H groups in total. The molecule has 0 aliphatic rings. The van der Waals surface area contributed by atoms with Crippen LogP contribution in [0, 0.1) is 5.92 Å². The van der Waals surface area contributed by atoms with Crippen LogP contribution in [0.2, 0.25) is 0 Å². The highest BCUT2D eigenvalue weighted by Gasteiger charge is 2.41. The van der Waals surface area contributed by atoms with Gasteiger partial charge >= 0.3 is 0 Å². The van der Waals surface area contributed by atoms with Gasteiger partial charge in [0.15, 0.2) is 0 Å². The minimum absolute atomic E-state index is 0.219. The lowest BCUT2D eigenvalue weighted by molar-refractivity contribution is -0.403. The van der Waals surface area contributed by atoms with Gasteiger partial charge in [0, 0.05) is 38.1 Å². The Bertz CT molecular complexity index is 435. The Hall–Kier alpha value is -0.970. The molecule has 1 unspecified atom stereocenters. The van der Waals surface area contributed by atoms with Crippen LogP contribution in [-0.2, 0) is 20.6 Å². The Morgan fingerprint density at radius 1 is 0.778 bits per heavy atom. The molecule has 1 rings (SSSR count). The molecule has 27 heavy (non-hydrogen) atoms. The van der Waals surface area contributed by atoms with Gasteiger partial charge < -0.3 is 14.2 Å². The quantitative estimate of drug-likeness (QED) is 0.241. The summed E-state index contributed by atoms with van der Waals surface area (Å²) in [6, 6.07) is 4.18. The first-order valence-electron chi connectivity index (χ1n) is 11.0. The van der Waals surface area contributed by atoms with Gasteiger partial charge in [-0.1, -0.05) is 45.4 Å². The smallest absolute Gasteiger partial charge is 0.285 e. The second kappa shape index (κ2) is 15.0. The summed E-state index contributed by atoms with van der Waals surface area (Å²) in [5, 5.41) is 0. The zero-order valence-electron chi connectivity index (χ0n) is 18.0. The van der Waals surface area contributed by atoms with Crippen molar-refractivity contribution < 1.29 is 14.2 Å². The first-order valence-corrected chi connectivity index (χ1v) is 11.0. The lowest BCUT2D eigenvalue weighted by Gasteiger charge is -2.39. The molecule has 0 saturated heterocycles. The molecule has 0 fully saturated rings. The van der Waals surface area contributed by atoms with Crippen LogP contribution in [0.4, 0.5) is 0 Å². The number of aromatic nitrogens is 1. The summed E-state index contributed by atoms with van der Waals surface area (Å²) in [6.45, 7) is 10.1. The molecular formula is C23H41NO3. The fraction of sp³-hybridized carbons (Fsp3) is 0.783. The second-order valence-corrected chi connectivity index (χ2v) is 7.05. The van der Waals surface area contributed by atoms with Gasteiger partial charge in [-0.2, -0.15) is 0 Å². The van der Waals surface area contributed by atoms with E-state index in [0.717, 1.165) is 19.3 Å². The largest absolute Gasteiger partial charge is 0.328 e. The molecule has 4 nitrogen and oxygen atoms in total. The molecule has 0 radical (unpaired) electrons. The van der Waals surface area contributed by atoms with E-state index >= 15 is 0 Å². The number of nitrogens with zero attached hydrogens (tertiary/aromatic N) is 1. The number of unbranched alkanes of at least 4 members (excludes halogenated alkanes) is 5. The van der Waals surface area contributed by atoms with E-state index in [1.54, 1.807) is 0 Å². The van der Waals surface area contributed by atoms with Crippen LogP contribution in [-0.4, -0.2) is 30.8 Å². The predicted molar refractivity (Wildman–Crippen MR) is 112 cm³/mol. The molecule has 0 spiro atoms. The molecular weight excluding hydrogens is 338 g/mol. The third-order valence-corrected chi connectivity index (χ3v) is 4.97. The molecule has 4 heteroatoms. The van der Waals surface area contributed by atoms with Crippen molar-refractivity contribution in [1.82, 2.24) is 4.98 Å².